The van der Waals surface area contributed by atoms with Gasteiger partial charge in [0.15, 0.2) is 0 Å². The van der Waals surface area contributed by atoms with Crippen molar-refractivity contribution in [2.75, 3.05) is 6.61 Å². The Hall–Kier alpha value is -2.97. The number of aryl methyl sites for hydroxylation is 3. The van der Waals surface area contributed by atoms with E-state index in [1.165, 1.54) is 29.8 Å². The van der Waals surface area contributed by atoms with Crippen LogP contribution in [0, 0.1) is 12.8 Å². The third kappa shape index (κ3) is 8.27. The molecular formula is C30H46N2O5S. The number of carboxylic acid groups (broad SMARTS) is 1. The summed E-state index contributed by atoms with van der Waals surface area (Å²) in [5.41, 5.74) is -0.277. The molecule has 0 fully saturated rings. The number of aliphatic hydroxyl groups is 1. The number of aliphatic hydroxyl groups excluding tert-OH is 1. The highest BCUT2D eigenvalue weighted by molar-refractivity contribution is 7.19. The van der Waals surface area contributed by atoms with E-state index < -0.39 is 22.8 Å². The van der Waals surface area contributed by atoms with Crippen LogP contribution in [0.4, 0.5) is 0 Å². The SMILES string of the molecule is C=C(C)c1sc2c(c1C)c(=O)n(C(C)(C)C(=O)O)c(=O)n2CCc1ccccc1.CC.CC.CC(C)CO. The van der Waals surface area contributed by atoms with Crippen LogP contribution in [-0.2, 0) is 23.3 Å². The summed E-state index contributed by atoms with van der Waals surface area (Å²) in [6.07, 6.45) is 0.584. The lowest BCUT2D eigenvalue weighted by Gasteiger charge is -2.23. The number of hydrogen-bond acceptors (Lipinski definition) is 5. The first-order valence-electron chi connectivity index (χ1n) is 13.2. The van der Waals surface area contributed by atoms with Crippen molar-refractivity contribution in [1.82, 2.24) is 9.13 Å². The minimum atomic E-state index is -1.67. The summed E-state index contributed by atoms with van der Waals surface area (Å²) in [5, 5.41) is 18.2. The highest BCUT2D eigenvalue weighted by Crippen LogP contribution is 2.32. The third-order valence-electron chi connectivity index (χ3n) is 5.51. The number of carbonyl (C=O) groups is 1. The fourth-order valence-electron chi connectivity index (χ4n) is 3.42. The van der Waals surface area contributed by atoms with Gasteiger partial charge in [-0.1, -0.05) is 78.5 Å². The van der Waals surface area contributed by atoms with Gasteiger partial charge in [-0.2, -0.15) is 0 Å². The fourth-order valence-corrected chi connectivity index (χ4v) is 4.67. The van der Waals surface area contributed by atoms with Crippen LogP contribution >= 0.6 is 11.3 Å². The van der Waals surface area contributed by atoms with Gasteiger partial charge in [-0.15, -0.1) is 11.3 Å². The molecule has 0 aliphatic heterocycles. The molecule has 2 heterocycles. The maximum atomic E-state index is 13.3. The number of nitrogens with zero attached hydrogens (tertiary/aromatic N) is 2. The zero-order valence-corrected chi connectivity index (χ0v) is 25.5. The molecule has 0 atom stereocenters. The highest BCUT2D eigenvalue weighted by Gasteiger charge is 2.35. The molecular weight excluding hydrogens is 500 g/mol. The van der Waals surface area contributed by atoms with Crippen molar-refractivity contribution in [2.45, 2.75) is 87.7 Å². The third-order valence-corrected chi connectivity index (χ3v) is 6.99. The number of hydrogen-bond donors (Lipinski definition) is 2. The van der Waals surface area contributed by atoms with E-state index in [0.29, 0.717) is 35.7 Å². The standard InChI is InChI=1S/C22H24N2O4S.C4H10O.2C2H6/c1-13(2)17-14(3)16-18(25)24(22(4,5)20(26)27)21(28)23(19(16)29-17)12-11-15-9-7-6-8-10-15;1-4(2)3-5;2*1-2/h6-10H,1,11-12H2,2-5H3,(H,26,27);4-5H,3H2,1-2H3;2*1-2H3. The second-order valence-corrected chi connectivity index (χ2v) is 10.3. The van der Waals surface area contributed by atoms with Crippen molar-refractivity contribution in [3.63, 3.8) is 0 Å². The number of rotatable bonds is 7. The number of aromatic nitrogens is 2. The smallest absolute Gasteiger partial charge is 0.333 e. The Morgan fingerprint density at radius 1 is 1.08 bits per heavy atom. The summed E-state index contributed by atoms with van der Waals surface area (Å²) >= 11 is 1.35. The zero-order chi connectivity index (χ0) is 29.8. The molecule has 212 valence electrons. The van der Waals surface area contributed by atoms with E-state index in [1.54, 1.807) is 0 Å². The molecule has 2 aromatic heterocycles. The minimum absolute atomic E-state index is 0.306. The normalized spacial score (nSPS) is 10.5. The van der Waals surface area contributed by atoms with Crippen LogP contribution in [-0.4, -0.2) is 31.9 Å². The first-order valence-corrected chi connectivity index (χ1v) is 14.0. The molecule has 3 aromatic rings. The van der Waals surface area contributed by atoms with Crippen LogP contribution in [0.1, 0.15) is 78.3 Å². The quantitative estimate of drug-likeness (QED) is 0.361. The van der Waals surface area contributed by atoms with Crippen LogP contribution < -0.4 is 11.2 Å². The molecule has 0 aliphatic carbocycles. The first kappa shape index (κ1) is 35.0. The minimum Gasteiger partial charge on any atom is -0.480 e. The molecule has 7 nitrogen and oxygen atoms in total. The van der Waals surface area contributed by atoms with Gasteiger partial charge >= 0.3 is 11.7 Å². The number of benzene rings is 1. The Balaban J connectivity index is 0.00000134. The average Bonchev–Trinajstić information content (AvgIpc) is 3.24. The van der Waals surface area contributed by atoms with E-state index in [0.717, 1.165) is 26.1 Å². The molecule has 0 saturated heterocycles. The molecule has 1 aromatic carbocycles. The number of carboxylic acids is 1. The van der Waals surface area contributed by atoms with Crippen molar-refractivity contribution in [3.05, 3.63) is 73.8 Å². The van der Waals surface area contributed by atoms with Gasteiger partial charge in [0.1, 0.15) is 10.4 Å². The largest absolute Gasteiger partial charge is 0.480 e. The van der Waals surface area contributed by atoms with Gasteiger partial charge in [0, 0.05) is 18.0 Å². The molecule has 2 N–H and O–H groups in total. The Morgan fingerprint density at radius 2 is 1.58 bits per heavy atom. The summed E-state index contributed by atoms with van der Waals surface area (Å²) in [5.74, 6) is -0.798. The summed E-state index contributed by atoms with van der Waals surface area (Å²) in [6.45, 7) is 23.0. The number of fused-ring (bicyclic) bond motifs is 1. The van der Waals surface area contributed by atoms with Gasteiger partial charge in [-0.05, 0) is 56.7 Å². The summed E-state index contributed by atoms with van der Waals surface area (Å²) in [7, 11) is 0. The van der Waals surface area contributed by atoms with Crippen molar-refractivity contribution in [3.8, 4) is 0 Å². The summed E-state index contributed by atoms with van der Waals surface area (Å²) in [4.78, 5) is 39.8. The van der Waals surface area contributed by atoms with Gasteiger partial charge in [-0.3, -0.25) is 9.36 Å². The second-order valence-electron chi connectivity index (χ2n) is 9.27. The zero-order valence-electron chi connectivity index (χ0n) is 24.7. The van der Waals surface area contributed by atoms with Crippen molar-refractivity contribution >= 4 is 33.1 Å². The Kier molecular flexibility index (Phi) is 14.8. The van der Waals surface area contributed by atoms with E-state index in [2.05, 4.69) is 6.58 Å². The first-order chi connectivity index (χ1) is 17.8. The molecule has 0 spiro atoms. The molecule has 0 radical (unpaired) electrons. The van der Waals surface area contributed by atoms with Gasteiger partial charge in [-0.25, -0.2) is 14.2 Å². The molecule has 0 saturated carbocycles. The number of aliphatic carboxylic acids is 1. The van der Waals surface area contributed by atoms with Crippen molar-refractivity contribution < 1.29 is 15.0 Å². The lowest BCUT2D eigenvalue weighted by atomic mass is 10.1. The topological polar surface area (TPSA) is 102 Å². The maximum Gasteiger partial charge on any atom is 0.333 e. The second kappa shape index (κ2) is 16.1. The molecule has 0 unspecified atom stereocenters. The molecule has 0 amide bonds. The number of allylic oxidation sites excluding steroid dienone is 1. The van der Waals surface area contributed by atoms with E-state index in [1.807, 2.05) is 85.7 Å². The highest BCUT2D eigenvalue weighted by atomic mass is 32.1. The van der Waals surface area contributed by atoms with Gasteiger partial charge in [0.05, 0.1) is 5.39 Å². The van der Waals surface area contributed by atoms with Crippen molar-refractivity contribution in [1.29, 1.82) is 0 Å². The van der Waals surface area contributed by atoms with Gasteiger partial charge < -0.3 is 10.2 Å². The maximum absolute atomic E-state index is 13.3. The van der Waals surface area contributed by atoms with Crippen molar-refractivity contribution in [2.24, 2.45) is 5.92 Å². The Labute approximate surface area is 231 Å². The van der Waals surface area contributed by atoms with Crippen LogP contribution in [0.5, 0.6) is 0 Å². The predicted molar refractivity (Wildman–Crippen MR) is 162 cm³/mol. The summed E-state index contributed by atoms with van der Waals surface area (Å²) in [6, 6.07) is 9.72. The van der Waals surface area contributed by atoms with Crippen LogP contribution in [0.25, 0.3) is 15.8 Å². The summed E-state index contributed by atoms with van der Waals surface area (Å²) < 4.78 is 2.39. The molecule has 0 aliphatic rings. The van der Waals surface area contributed by atoms with E-state index >= 15 is 0 Å². The monoisotopic (exact) mass is 546 g/mol. The predicted octanol–water partition coefficient (Wildman–Crippen LogP) is 6.32. The van der Waals surface area contributed by atoms with Gasteiger partial charge in [0.25, 0.3) is 5.56 Å². The Bertz CT molecular complexity index is 1300. The van der Waals surface area contributed by atoms with Crippen LogP contribution in [0.2, 0.25) is 0 Å². The van der Waals surface area contributed by atoms with Crippen LogP contribution in [0.3, 0.4) is 0 Å². The molecule has 0 bridgehead atoms. The lowest BCUT2D eigenvalue weighted by Crippen LogP contribution is -2.52. The van der Waals surface area contributed by atoms with Crippen LogP contribution in [0.15, 0.2) is 46.5 Å². The van der Waals surface area contributed by atoms with E-state index in [-0.39, 0.29) is 0 Å². The molecule has 8 heteroatoms. The number of thiophene rings is 1. The molecule has 3 rings (SSSR count). The van der Waals surface area contributed by atoms with E-state index in [4.69, 9.17) is 5.11 Å². The van der Waals surface area contributed by atoms with Gasteiger partial charge in [0.2, 0.25) is 0 Å². The lowest BCUT2D eigenvalue weighted by molar-refractivity contribution is -0.146. The average molecular weight is 547 g/mol. The molecule has 38 heavy (non-hydrogen) atoms. The van der Waals surface area contributed by atoms with E-state index in [9.17, 15) is 19.5 Å². The fraction of sp³-hybridized carbons (Fsp3) is 0.500. The Morgan fingerprint density at radius 3 is 2.00 bits per heavy atom.